The number of piperidine rings is 1. The van der Waals surface area contributed by atoms with Crippen LogP contribution in [0.2, 0.25) is 0 Å². The number of likely N-dealkylation sites (tertiary alicyclic amines) is 2. The number of fused-ring (bicyclic) bond motifs is 1. The number of rotatable bonds is 9. The standard InChI is InChI=1S/C28H43N3O2/c1-21(29-2)27(32)19-25(23-11-7-4-8-12-23)28(33)31-18-15-24-14-17-30(20-26(24)31)16-13-22-9-5-3-6-10-22/h3,5-6,9-10,21,23-26,29H,4,7-8,11-20H2,1-2H3/t21-,24?,25-,26?/m1/s1. The van der Waals surface area contributed by atoms with E-state index in [-0.39, 0.29) is 23.7 Å². The van der Waals surface area contributed by atoms with Crippen LogP contribution in [0.4, 0.5) is 0 Å². The molecule has 4 atom stereocenters. The van der Waals surface area contributed by atoms with E-state index < -0.39 is 0 Å². The van der Waals surface area contributed by atoms with Gasteiger partial charge in [-0.3, -0.25) is 9.59 Å². The monoisotopic (exact) mass is 453 g/mol. The molecule has 1 aromatic rings. The molecule has 5 heteroatoms. The zero-order valence-corrected chi connectivity index (χ0v) is 20.7. The van der Waals surface area contributed by atoms with Gasteiger partial charge in [-0.05, 0) is 70.0 Å². The van der Waals surface area contributed by atoms with E-state index in [2.05, 4.69) is 45.4 Å². The molecule has 2 heterocycles. The smallest absolute Gasteiger partial charge is 0.226 e. The Morgan fingerprint density at radius 2 is 1.76 bits per heavy atom. The van der Waals surface area contributed by atoms with Crippen LogP contribution in [0, 0.1) is 17.8 Å². The number of nitrogens with one attached hydrogen (secondary N) is 1. The van der Waals surface area contributed by atoms with Gasteiger partial charge in [0.15, 0.2) is 0 Å². The number of amides is 1. The van der Waals surface area contributed by atoms with Crippen LogP contribution in [-0.4, -0.2) is 66.8 Å². The molecule has 0 bridgehead atoms. The molecule has 5 nitrogen and oxygen atoms in total. The van der Waals surface area contributed by atoms with Crippen LogP contribution in [-0.2, 0) is 16.0 Å². The Bertz CT molecular complexity index is 777. The van der Waals surface area contributed by atoms with Gasteiger partial charge in [0, 0.05) is 38.0 Å². The minimum absolute atomic E-state index is 0.132. The minimum Gasteiger partial charge on any atom is -0.338 e. The largest absolute Gasteiger partial charge is 0.338 e. The lowest BCUT2D eigenvalue weighted by Crippen LogP contribution is -2.52. The summed E-state index contributed by atoms with van der Waals surface area (Å²) < 4.78 is 0. The van der Waals surface area contributed by atoms with Crippen LogP contribution in [0.25, 0.3) is 0 Å². The Balaban J connectivity index is 1.42. The molecule has 3 fully saturated rings. The summed E-state index contributed by atoms with van der Waals surface area (Å²) >= 11 is 0. The molecular weight excluding hydrogens is 410 g/mol. The van der Waals surface area contributed by atoms with E-state index in [0.29, 0.717) is 24.3 Å². The molecule has 2 unspecified atom stereocenters. The van der Waals surface area contributed by atoms with Crippen molar-refractivity contribution in [3.8, 4) is 0 Å². The summed E-state index contributed by atoms with van der Waals surface area (Å²) in [6, 6.07) is 10.8. The topological polar surface area (TPSA) is 52.7 Å². The average Bonchev–Trinajstić information content (AvgIpc) is 3.29. The molecule has 0 radical (unpaired) electrons. The quantitative estimate of drug-likeness (QED) is 0.616. The number of likely N-dealkylation sites (N-methyl/N-ethyl adjacent to an activating group) is 1. The average molecular weight is 454 g/mol. The minimum atomic E-state index is -0.182. The van der Waals surface area contributed by atoms with E-state index in [1.54, 1.807) is 0 Å². The third-order valence-corrected chi connectivity index (χ3v) is 8.66. The van der Waals surface area contributed by atoms with Crippen LogP contribution in [0.1, 0.15) is 63.9 Å². The van der Waals surface area contributed by atoms with Crippen molar-refractivity contribution in [2.24, 2.45) is 17.8 Å². The molecule has 2 saturated heterocycles. The van der Waals surface area contributed by atoms with Gasteiger partial charge in [0.05, 0.1) is 6.04 Å². The number of carbonyl (C=O) groups excluding carboxylic acids is 2. The number of nitrogens with zero attached hydrogens (tertiary/aromatic N) is 2. The normalized spacial score (nSPS) is 26.1. The fraction of sp³-hybridized carbons (Fsp3) is 0.714. The van der Waals surface area contributed by atoms with Crippen molar-refractivity contribution in [3.05, 3.63) is 35.9 Å². The number of ketones is 1. The fourth-order valence-corrected chi connectivity index (χ4v) is 6.37. The van der Waals surface area contributed by atoms with Crippen LogP contribution >= 0.6 is 0 Å². The van der Waals surface area contributed by atoms with Crippen molar-refractivity contribution in [1.29, 1.82) is 0 Å². The van der Waals surface area contributed by atoms with Crippen LogP contribution in [0.5, 0.6) is 0 Å². The van der Waals surface area contributed by atoms with Crippen molar-refractivity contribution in [1.82, 2.24) is 15.1 Å². The Kier molecular flexibility index (Phi) is 8.59. The maximum absolute atomic E-state index is 14.0. The first-order valence-corrected chi connectivity index (χ1v) is 13.3. The zero-order valence-electron chi connectivity index (χ0n) is 20.7. The zero-order chi connectivity index (χ0) is 23.2. The lowest BCUT2D eigenvalue weighted by Gasteiger charge is -2.40. The first kappa shape index (κ1) is 24.4. The van der Waals surface area contributed by atoms with Gasteiger partial charge in [0.25, 0.3) is 0 Å². The van der Waals surface area contributed by atoms with E-state index in [1.807, 2.05) is 14.0 Å². The second-order valence-electron chi connectivity index (χ2n) is 10.7. The second kappa shape index (κ2) is 11.6. The van der Waals surface area contributed by atoms with E-state index >= 15 is 0 Å². The van der Waals surface area contributed by atoms with Gasteiger partial charge in [-0.2, -0.15) is 0 Å². The highest BCUT2D eigenvalue weighted by atomic mass is 16.2. The molecule has 1 amide bonds. The van der Waals surface area contributed by atoms with Crippen LogP contribution in [0.3, 0.4) is 0 Å². The number of carbonyl (C=O) groups is 2. The molecule has 3 aliphatic rings. The molecule has 33 heavy (non-hydrogen) atoms. The summed E-state index contributed by atoms with van der Waals surface area (Å²) in [6.07, 6.45) is 9.64. The molecular formula is C28H43N3O2. The van der Waals surface area contributed by atoms with Gasteiger partial charge in [0.1, 0.15) is 5.78 Å². The molecule has 1 aliphatic carbocycles. The van der Waals surface area contributed by atoms with Crippen molar-refractivity contribution in [2.75, 3.05) is 33.2 Å². The maximum Gasteiger partial charge on any atom is 0.226 e. The van der Waals surface area contributed by atoms with E-state index in [1.165, 1.54) is 31.2 Å². The molecule has 1 N–H and O–H groups in total. The molecule has 0 spiro atoms. The first-order valence-electron chi connectivity index (χ1n) is 13.3. The second-order valence-corrected chi connectivity index (χ2v) is 10.7. The van der Waals surface area contributed by atoms with Gasteiger partial charge < -0.3 is 15.1 Å². The maximum atomic E-state index is 14.0. The van der Waals surface area contributed by atoms with Gasteiger partial charge in [-0.1, -0.05) is 49.6 Å². The third-order valence-electron chi connectivity index (χ3n) is 8.66. The highest BCUT2D eigenvalue weighted by Gasteiger charge is 2.44. The summed E-state index contributed by atoms with van der Waals surface area (Å²) in [6.45, 7) is 5.98. The Hall–Kier alpha value is -1.72. The molecule has 2 aliphatic heterocycles. The SMILES string of the molecule is CN[C@H](C)C(=O)C[C@@H](C(=O)N1CCC2CCN(CCc3ccccc3)CC21)C1CCCCC1. The fourth-order valence-electron chi connectivity index (χ4n) is 6.37. The first-order chi connectivity index (χ1) is 16.1. The highest BCUT2D eigenvalue weighted by Crippen LogP contribution is 2.38. The molecule has 1 aromatic carbocycles. The summed E-state index contributed by atoms with van der Waals surface area (Å²) in [5.74, 6) is 1.32. The number of hydrogen-bond acceptors (Lipinski definition) is 4. The Morgan fingerprint density at radius 1 is 1.03 bits per heavy atom. The summed E-state index contributed by atoms with van der Waals surface area (Å²) in [7, 11) is 1.83. The van der Waals surface area contributed by atoms with Crippen molar-refractivity contribution >= 4 is 11.7 Å². The molecule has 1 saturated carbocycles. The third kappa shape index (κ3) is 6.05. The Morgan fingerprint density at radius 3 is 2.48 bits per heavy atom. The molecule has 182 valence electrons. The van der Waals surface area contributed by atoms with Gasteiger partial charge >= 0.3 is 0 Å². The number of benzene rings is 1. The van der Waals surface area contributed by atoms with E-state index in [0.717, 1.165) is 51.9 Å². The Labute approximate surface area is 200 Å². The van der Waals surface area contributed by atoms with Crippen LogP contribution in [0.15, 0.2) is 30.3 Å². The van der Waals surface area contributed by atoms with Crippen molar-refractivity contribution in [2.45, 2.75) is 76.8 Å². The molecule has 0 aromatic heterocycles. The predicted molar refractivity (Wildman–Crippen MR) is 133 cm³/mol. The van der Waals surface area contributed by atoms with Crippen LogP contribution < -0.4 is 5.32 Å². The molecule has 4 rings (SSSR count). The summed E-state index contributed by atoms with van der Waals surface area (Å²) in [5, 5.41) is 3.08. The summed E-state index contributed by atoms with van der Waals surface area (Å²) in [4.78, 5) is 31.6. The van der Waals surface area contributed by atoms with Gasteiger partial charge in [-0.25, -0.2) is 0 Å². The van der Waals surface area contributed by atoms with E-state index in [9.17, 15) is 9.59 Å². The number of hydrogen-bond donors (Lipinski definition) is 1. The predicted octanol–water partition coefficient (Wildman–Crippen LogP) is 3.92. The van der Waals surface area contributed by atoms with Crippen molar-refractivity contribution < 1.29 is 9.59 Å². The summed E-state index contributed by atoms with van der Waals surface area (Å²) in [5.41, 5.74) is 1.38. The lowest BCUT2D eigenvalue weighted by atomic mass is 9.76. The lowest BCUT2D eigenvalue weighted by molar-refractivity contribution is -0.142. The van der Waals surface area contributed by atoms with Crippen molar-refractivity contribution in [3.63, 3.8) is 0 Å². The van der Waals surface area contributed by atoms with Gasteiger partial charge in [-0.15, -0.1) is 0 Å². The van der Waals surface area contributed by atoms with Gasteiger partial charge in [0.2, 0.25) is 5.91 Å². The number of Topliss-reactive ketones (excluding diaryl/α,β-unsaturated/α-hetero) is 1. The highest BCUT2D eigenvalue weighted by molar-refractivity contribution is 5.90. The van der Waals surface area contributed by atoms with E-state index in [4.69, 9.17) is 0 Å².